The van der Waals surface area contributed by atoms with Crippen LogP contribution >= 0.6 is 31.0 Å². The molecule has 0 spiro atoms. The van der Waals surface area contributed by atoms with Gasteiger partial charge in [0, 0.05) is 29.7 Å². The molecule has 6 aliphatic heterocycles. The summed E-state index contributed by atoms with van der Waals surface area (Å²) in [6.07, 6.45) is -6.60. The van der Waals surface area contributed by atoms with Crippen molar-refractivity contribution in [3.05, 3.63) is 84.0 Å². The number of nitrogens with zero attached hydrogens (tertiary/aromatic N) is 14. The van der Waals surface area contributed by atoms with Crippen LogP contribution in [0.3, 0.4) is 0 Å². The number of carbonyl (C=O) groups is 2. The second-order valence-electron chi connectivity index (χ2n) is 34.5. The Balaban J connectivity index is 0.000000248. The largest absolute Gasteiger partial charge is 0.766 e. The van der Waals surface area contributed by atoms with Crippen LogP contribution in [-0.2, 0) is 89.2 Å². The van der Waals surface area contributed by atoms with Crippen LogP contribution in [0.1, 0.15) is 120 Å². The Morgan fingerprint density at radius 3 is 1.34 bits per heavy atom. The smallest absolute Gasteiger partial charge is 0.406 e. The number of nitrogens with two attached hydrogens (primary N) is 4. The lowest BCUT2D eigenvalue weighted by Gasteiger charge is -2.42. The zero-order chi connectivity index (χ0) is 94.2. The van der Waals surface area contributed by atoms with E-state index in [1.807, 2.05) is 73.8 Å². The van der Waals surface area contributed by atoms with E-state index in [0.29, 0.717) is 0 Å². The lowest BCUT2D eigenvalue weighted by Crippen LogP contribution is -2.53. The van der Waals surface area contributed by atoms with Gasteiger partial charge in [0.25, 0.3) is 22.2 Å². The number of nitriles is 1. The zero-order valence-electron chi connectivity index (χ0n) is 73.7. The number of Topliss-reactive ketones (excluding diaryl/α,β-unsaturated/α-hetero) is 1. The van der Waals surface area contributed by atoms with E-state index in [2.05, 4.69) is 102 Å². The predicted octanol–water partition coefficient (Wildman–Crippen LogP) is 2.77. The van der Waals surface area contributed by atoms with Crippen molar-refractivity contribution in [3.63, 3.8) is 0 Å². The first-order valence-corrected chi connectivity index (χ1v) is 52.9. The molecular formula is C71H111N27O24P4Si2-2. The molecule has 1 amide bonds. The molecule has 6 fully saturated rings. The van der Waals surface area contributed by atoms with Crippen LogP contribution < -0.4 is 80.6 Å². The van der Waals surface area contributed by atoms with E-state index in [1.54, 1.807) is 41.5 Å². The molecule has 14 rings (SSSR count). The minimum absolute atomic E-state index is 0.00125. The summed E-state index contributed by atoms with van der Waals surface area (Å²) in [4.78, 5) is 152. The summed E-state index contributed by atoms with van der Waals surface area (Å²) in [5.41, 5.74) is 18.1. The van der Waals surface area contributed by atoms with E-state index in [0.717, 1.165) is 0 Å². The maximum atomic E-state index is 15.3. The average Bonchev–Trinajstić information content (AvgIpc) is 1.60. The van der Waals surface area contributed by atoms with Gasteiger partial charge < -0.3 is 79.4 Å². The van der Waals surface area contributed by atoms with Crippen LogP contribution in [0, 0.1) is 41.6 Å². The SMILES string of the molecule is CN.CN.C[C@@H]1[C@@H]2NP(=O)([O-])OC[C@H]3O[C@@H](n4cnc5c(=O)[nH]c(N)nc54)[C@H](O[Si](C)(C)C(C)(C)C)[C@@H]3NP(=O)([O-])OC[C@H]2O[C@H]1n1cnc2c(=O)[nH]c(N)nc21.[C-]#[N+]CCOP1(=O)N[C@H]2[C@@H](C)[C@H](n3cnc4c(=O)[nH]c(CC(=O)C(C)C)nc43)O[C@@H]2COP(=O)(OCCC#N)N[C@H]2[C@@H](O[Si](C)(C)C(C)(C)C)[C@H](n3cnc4c(=O)[nH]c(NC(=O)C(C)C)nc43)O[C@@H]2CO1. The van der Waals surface area contributed by atoms with Crippen molar-refractivity contribution in [3.8, 4) is 6.07 Å². The van der Waals surface area contributed by atoms with Gasteiger partial charge in [-0.1, -0.05) is 83.1 Å². The molecule has 704 valence electrons. The molecule has 0 saturated carbocycles. The standard InChI is InChI=1S/C42H61N13O13P2Si.C27H42N12O11P2Si.2CH5N/c1-22(2)25(56)17-28-47-34-31(37(58)48-28)45-20-54(34)39-24(5)29-26(66-39)18-64-70(61,62-15-12-13-43)53-30-27(19-65-69(60,52-29)63-16-14-44-9)67-40(33(30)68-71(10,11)42(6,7)8)55-21-46-32-35(55)49-41(51-38(32)59)50-36(57)23(3)4;1-11-14-12(48-23(11)38-9-30-16-19(38)32-25(28)34-21(16)40)7-46-52(44,45)37-15-13(8-47-51(42,43)36-14)49-24(18(15)50-53(5,6)27(2,3)4)39-10-31-17-20(39)33-26(29)35-22(17)41;2*1-2/h20-24,26-27,29-30,33,39-40H,12,14-19H2,1-8,10-11H3,(H,52,60)(H,53,61)(H,47,48,58)(H2,49,50,51,57,59);9-15,18,23-24H,7-8H2,1-6H3,(H2,36,42,43)(H2,37,44,45)(H3,28,32,34,40)(H3,29,33,35,41);2*2H2,1H3/p-2/t24-,26-,27-,29+,30-,33-,39-,40-,69?,70?;11-,12-,13-,14+,15-,18-,23-,24-;;/m11../s1. The number of ketones is 1. The highest BCUT2D eigenvalue weighted by molar-refractivity contribution is 7.52. The molecule has 57 heteroatoms. The van der Waals surface area contributed by atoms with Gasteiger partial charge in [-0.3, -0.25) is 99.6 Å². The fraction of sp³-hybridized carbons (Fsp3) is 0.662. The number of ether oxygens (including phenoxy) is 4. The highest BCUT2D eigenvalue weighted by Gasteiger charge is 2.58. The van der Waals surface area contributed by atoms with E-state index >= 15 is 9.13 Å². The number of aromatic amines is 4. The van der Waals surface area contributed by atoms with Crippen molar-refractivity contribution >= 4 is 122 Å². The van der Waals surface area contributed by atoms with Gasteiger partial charge >= 0.3 is 15.5 Å². The molecule has 8 aromatic rings. The number of fused-ring (bicyclic) bond motifs is 8. The van der Waals surface area contributed by atoms with Gasteiger partial charge in [-0.2, -0.15) is 20.2 Å². The van der Waals surface area contributed by atoms with E-state index in [-0.39, 0.29) is 118 Å². The van der Waals surface area contributed by atoms with Gasteiger partial charge in [-0.15, -0.1) is 0 Å². The van der Waals surface area contributed by atoms with Gasteiger partial charge in [0.2, 0.25) is 45.8 Å². The van der Waals surface area contributed by atoms with Crippen molar-refractivity contribution in [1.29, 1.82) is 5.26 Å². The summed E-state index contributed by atoms with van der Waals surface area (Å²) in [5, 5.41) is 22.4. The third kappa shape index (κ3) is 21.7. The second kappa shape index (κ2) is 39.6. The first-order valence-electron chi connectivity index (χ1n) is 40.9. The van der Waals surface area contributed by atoms with Gasteiger partial charge in [-0.05, 0) is 50.4 Å². The number of rotatable bonds is 19. The molecule has 6 saturated heterocycles. The number of hydrogen-bond donors (Lipinski definition) is 13. The molecule has 4 unspecified atom stereocenters. The number of aromatic nitrogens is 16. The van der Waals surface area contributed by atoms with Crippen molar-refractivity contribution in [2.75, 3.05) is 77.1 Å². The zero-order valence-corrected chi connectivity index (χ0v) is 79.3. The third-order valence-corrected chi connectivity index (χ3v) is 37.5. The quantitative estimate of drug-likeness (QED) is 0.0239. The minimum Gasteiger partial charge on any atom is -0.766 e. The van der Waals surface area contributed by atoms with Crippen LogP contribution in [-0.4, -0.2) is 227 Å². The fourth-order valence-corrected chi connectivity index (χ4v) is 22.5. The summed E-state index contributed by atoms with van der Waals surface area (Å²) >= 11 is 0. The predicted molar refractivity (Wildman–Crippen MR) is 462 cm³/mol. The summed E-state index contributed by atoms with van der Waals surface area (Å²) in [6.45, 7) is 34.3. The molecule has 128 heavy (non-hydrogen) atoms. The van der Waals surface area contributed by atoms with Crippen LogP contribution in [0.5, 0.6) is 0 Å². The Kier molecular flexibility index (Phi) is 31.0. The number of nitrogen functional groups attached to an aromatic ring is 2. The van der Waals surface area contributed by atoms with E-state index in [9.17, 15) is 52.9 Å². The third-order valence-electron chi connectivity index (χ3n) is 23.1. The first kappa shape index (κ1) is 100. The maximum absolute atomic E-state index is 15.3. The first-order chi connectivity index (χ1) is 60.0. The summed E-state index contributed by atoms with van der Waals surface area (Å²) in [5.74, 6) is -3.16. The lowest BCUT2D eigenvalue weighted by molar-refractivity contribution is -0.209. The number of H-pyrrole nitrogens is 4. The molecule has 0 aromatic carbocycles. The average molecular weight is 1910 g/mol. The maximum Gasteiger partial charge on any atom is 0.406 e. The van der Waals surface area contributed by atoms with E-state index in [4.69, 9.17) is 73.0 Å². The van der Waals surface area contributed by atoms with Gasteiger partial charge in [0.1, 0.15) is 67.3 Å². The van der Waals surface area contributed by atoms with Gasteiger partial charge in [0.05, 0.1) is 95.4 Å². The molecule has 8 aromatic heterocycles. The van der Waals surface area contributed by atoms with Crippen LogP contribution in [0.2, 0.25) is 36.3 Å². The van der Waals surface area contributed by atoms with Gasteiger partial charge in [0.15, 0.2) is 73.7 Å². The second-order valence-corrected chi connectivity index (χ2v) is 50.6. The summed E-state index contributed by atoms with van der Waals surface area (Å²) < 4.78 is 139. The van der Waals surface area contributed by atoms with E-state index < -0.39 is 211 Å². The number of nitrogens with one attached hydrogen (secondary N) is 9. The molecule has 20 atom stereocenters. The number of hydrogen-bond acceptors (Lipinski definition) is 37. The molecule has 51 nitrogen and oxygen atoms in total. The van der Waals surface area contributed by atoms with Crippen molar-refractivity contribution in [2.45, 2.75) is 218 Å². The Hall–Kier alpha value is -8.33. The monoisotopic (exact) mass is 1910 g/mol. The molecule has 6 aliphatic rings. The van der Waals surface area contributed by atoms with Crippen molar-refractivity contribution in [2.24, 2.45) is 35.1 Å². The Bertz CT molecular complexity index is 5920. The fourth-order valence-electron chi connectivity index (χ4n) is 14.4. The Morgan fingerprint density at radius 2 is 0.922 bits per heavy atom. The molecular weight excluding hydrogens is 1800 g/mol. The number of imidazole rings is 4. The number of anilines is 3. The van der Waals surface area contributed by atoms with Crippen molar-refractivity contribution in [1.82, 2.24) is 98.4 Å². The summed E-state index contributed by atoms with van der Waals surface area (Å²) in [7, 11) is -21.6. The van der Waals surface area contributed by atoms with Crippen LogP contribution in [0.15, 0.2) is 44.5 Å². The Morgan fingerprint density at radius 1 is 0.562 bits per heavy atom. The van der Waals surface area contributed by atoms with Crippen molar-refractivity contribution < 1.29 is 92.6 Å². The molecule has 14 heterocycles. The number of amides is 1. The van der Waals surface area contributed by atoms with Crippen LogP contribution in [0.4, 0.5) is 17.8 Å². The highest BCUT2D eigenvalue weighted by Crippen LogP contribution is 2.55. The molecule has 17 N–H and O–H groups in total. The molecule has 0 aliphatic carbocycles. The minimum atomic E-state index is -5.02. The highest BCUT2D eigenvalue weighted by atomic mass is 31.2. The Labute approximate surface area is 734 Å². The topological polar surface area (TPSA) is 706 Å². The van der Waals surface area contributed by atoms with Gasteiger partial charge in [-0.25, -0.2) is 55.9 Å². The van der Waals surface area contributed by atoms with E-state index in [1.165, 1.54) is 57.7 Å². The normalized spacial score (nSPS) is 30.2. The molecule has 0 bridgehead atoms. The number of carbonyl (C=O) groups excluding carboxylic acids is 2. The lowest BCUT2D eigenvalue weighted by atomic mass is 10.00. The molecule has 0 radical (unpaired) electrons. The van der Waals surface area contributed by atoms with Crippen LogP contribution in [0.25, 0.3) is 49.5 Å². The summed E-state index contributed by atoms with van der Waals surface area (Å²) in [6, 6.07) is -2.60.